The Morgan fingerprint density at radius 3 is 2.65 bits per heavy atom. The Morgan fingerprint density at radius 2 is 2.10 bits per heavy atom. The molecule has 1 unspecified atom stereocenters. The topological polar surface area (TPSA) is 99.2 Å². The van der Waals surface area contributed by atoms with Gasteiger partial charge >= 0.3 is 6.09 Å². The highest BCUT2D eigenvalue weighted by atomic mass is 16.6. The summed E-state index contributed by atoms with van der Waals surface area (Å²) in [5.41, 5.74) is 4.79. The maximum absolute atomic E-state index is 12.4. The summed E-state index contributed by atoms with van der Waals surface area (Å²) < 4.78 is 5.43. The average Bonchev–Trinajstić information content (AvgIpc) is 2.74. The van der Waals surface area contributed by atoms with Gasteiger partial charge in [-0.15, -0.1) is 10.2 Å². The van der Waals surface area contributed by atoms with E-state index in [1.165, 1.54) is 9.70 Å². The van der Waals surface area contributed by atoms with Crippen LogP contribution < -0.4 is 5.73 Å². The molecule has 1 atom stereocenters. The number of likely N-dealkylation sites (tertiary alicyclic amines) is 1. The van der Waals surface area contributed by atoms with E-state index < -0.39 is 17.4 Å². The molecule has 0 bridgehead atoms. The number of ether oxygens (including phenoxy) is 1. The fourth-order valence-corrected chi connectivity index (χ4v) is 2.26. The molecule has 0 aliphatic carbocycles. The lowest BCUT2D eigenvalue weighted by atomic mass is 9.95. The van der Waals surface area contributed by atoms with Gasteiger partial charge in [-0.3, -0.25) is 4.90 Å². The summed E-state index contributed by atoms with van der Waals surface area (Å²) in [6, 6.07) is 0. The number of piperidine rings is 1. The van der Waals surface area contributed by atoms with Crippen molar-refractivity contribution >= 4 is 6.09 Å². The Kier molecular flexibility index (Phi) is 3.68. The summed E-state index contributed by atoms with van der Waals surface area (Å²) in [5, 5.41) is 11.9. The number of nitrogens with two attached hydrogens (primary N) is 1. The first-order valence-electron chi connectivity index (χ1n) is 6.76. The van der Waals surface area contributed by atoms with Crippen LogP contribution >= 0.6 is 0 Å². The van der Waals surface area contributed by atoms with Gasteiger partial charge in [-0.25, -0.2) is 4.79 Å². The molecular weight excluding hydrogens is 260 g/mol. The van der Waals surface area contributed by atoms with Gasteiger partial charge in [0.05, 0.1) is 7.05 Å². The van der Waals surface area contributed by atoms with Crippen LogP contribution in [0.4, 0.5) is 4.79 Å². The number of amides is 1. The first-order valence-corrected chi connectivity index (χ1v) is 6.76. The van der Waals surface area contributed by atoms with Gasteiger partial charge in [0.15, 0.2) is 5.66 Å². The van der Waals surface area contributed by atoms with Crippen molar-refractivity contribution in [2.24, 2.45) is 12.8 Å². The number of aromatic nitrogens is 4. The zero-order valence-electron chi connectivity index (χ0n) is 12.5. The molecule has 1 aliphatic heterocycles. The van der Waals surface area contributed by atoms with Gasteiger partial charge in [0.1, 0.15) is 5.60 Å². The lowest BCUT2D eigenvalue weighted by Crippen LogP contribution is -2.59. The van der Waals surface area contributed by atoms with E-state index in [0.29, 0.717) is 18.8 Å². The van der Waals surface area contributed by atoms with E-state index in [2.05, 4.69) is 15.4 Å². The maximum atomic E-state index is 12.4. The molecule has 1 aromatic rings. The molecule has 2 rings (SSSR count). The molecule has 2 heterocycles. The Morgan fingerprint density at radius 1 is 1.40 bits per heavy atom. The van der Waals surface area contributed by atoms with Crippen LogP contribution in [-0.4, -0.2) is 43.3 Å². The predicted octanol–water partition coefficient (Wildman–Crippen LogP) is 0.743. The Balaban J connectivity index is 2.27. The molecule has 1 aliphatic rings. The number of hydrogen-bond acceptors (Lipinski definition) is 6. The molecule has 0 radical (unpaired) electrons. The van der Waals surface area contributed by atoms with Gasteiger partial charge in [-0.2, -0.15) is 4.80 Å². The largest absolute Gasteiger partial charge is 0.444 e. The van der Waals surface area contributed by atoms with E-state index in [0.717, 1.165) is 12.8 Å². The van der Waals surface area contributed by atoms with Gasteiger partial charge in [-0.05, 0) is 45.2 Å². The third kappa shape index (κ3) is 2.90. The zero-order valence-corrected chi connectivity index (χ0v) is 12.5. The summed E-state index contributed by atoms with van der Waals surface area (Å²) >= 11 is 0. The molecule has 1 aromatic heterocycles. The lowest BCUT2D eigenvalue weighted by molar-refractivity contribution is -0.0187. The van der Waals surface area contributed by atoms with Crippen LogP contribution in [0.5, 0.6) is 0 Å². The second kappa shape index (κ2) is 5.01. The third-order valence-electron chi connectivity index (χ3n) is 3.18. The quantitative estimate of drug-likeness (QED) is 0.815. The average molecular weight is 282 g/mol. The second-order valence-electron chi connectivity index (χ2n) is 6.12. The van der Waals surface area contributed by atoms with E-state index in [1.54, 1.807) is 7.05 Å². The van der Waals surface area contributed by atoms with Crippen molar-refractivity contribution in [3.05, 3.63) is 5.82 Å². The first-order chi connectivity index (χ1) is 9.22. The van der Waals surface area contributed by atoms with Gasteiger partial charge in [-0.1, -0.05) is 0 Å². The standard InChI is InChI=1S/C12H22N6O2/c1-11(2,3)20-10(19)18-8-6-5-7-12(18,13)9-14-16-17(4)15-9/h5-8,13H2,1-4H3. The molecule has 0 aromatic carbocycles. The molecular formula is C12H22N6O2. The van der Waals surface area contributed by atoms with E-state index in [9.17, 15) is 4.79 Å². The highest BCUT2D eigenvalue weighted by Gasteiger charge is 2.45. The summed E-state index contributed by atoms with van der Waals surface area (Å²) in [6.45, 7) is 6.01. The van der Waals surface area contributed by atoms with Crippen molar-refractivity contribution < 1.29 is 9.53 Å². The number of carbonyl (C=O) groups is 1. The van der Waals surface area contributed by atoms with Crippen LogP contribution in [0.3, 0.4) is 0 Å². The van der Waals surface area contributed by atoms with Gasteiger partial charge in [0.2, 0.25) is 5.82 Å². The Labute approximate surface area is 118 Å². The molecule has 112 valence electrons. The molecule has 1 fully saturated rings. The number of tetrazole rings is 1. The van der Waals surface area contributed by atoms with Gasteiger partial charge in [0, 0.05) is 6.54 Å². The summed E-state index contributed by atoms with van der Waals surface area (Å²) in [5.74, 6) is 0.352. The van der Waals surface area contributed by atoms with E-state index >= 15 is 0 Å². The Bertz CT molecular complexity index is 494. The number of rotatable bonds is 1. The van der Waals surface area contributed by atoms with E-state index in [-0.39, 0.29) is 0 Å². The van der Waals surface area contributed by atoms with Crippen molar-refractivity contribution in [1.82, 2.24) is 25.1 Å². The Hall–Kier alpha value is -1.70. The van der Waals surface area contributed by atoms with Crippen LogP contribution in [0.25, 0.3) is 0 Å². The molecule has 8 heteroatoms. The van der Waals surface area contributed by atoms with Gasteiger partial charge in [0.25, 0.3) is 0 Å². The zero-order chi connectivity index (χ0) is 15.0. The lowest BCUT2D eigenvalue weighted by Gasteiger charge is -2.42. The molecule has 8 nitrogen and oxygen atoms in total. The van der Waals surface area contributed by atoms with Crippen molar-refractivity contribution in [2.75, 3.05) is 6.54 Å². The SMILES string of the molecule is Cn1nnc(C2(N)CCCCN2C(=O)OC(C)(C)C)n1. The van der Waals surface area contributed by atoms with E-state index in [1.807, 2.05) is 20.8 Å². The molecule has 0 saturated carbocycles. The first kappa shape index (κ1) is 14.7. The minimum Gasteiger partial charge on any atom is -0.444 e. The van der Waals surface area contributed by atoms with Crippen molar-refractivity contribution in [3.8, 4) is 0 Å². The molecule has 0 spiro atoms. The second-order valence-corrected chi connectivity index (χ2v) is 6.12. The predicted molar refractivity (Wildman–Crippen MR) is 71.5 cm³/mol. The van der Waals surface area contributed by atoms with Crippen LogP contribution in [-0.2, 0) is 17.4 Å². The number of hydrogen-bond donors (Lipinski definition) is 1. The minimum absolute atomic E-state index is 0.352. The molecule has 20 heavy (non-hydrogen) atoms. The number of aryl methyl sites for hydroxylation is 1. The highest BCUT2D eigenvalue weighted by Crippen LogP contribution is 2.31. The van der Waals surface area contributed by atoms with Crippen molar-refractivity contribution in [2.45, 2.75) is 51.3 Å². The molecule has 1 amide bonds. The number of nitrogens with zero attached hydrogens (tertiary/aromatic N) is 5. The van der Waals surface area contributed by atoms with E-state index in [4.69, 9.17) is 10.5 Å². The third-order valence-corrected chi connectivity index (χ3v) is 3.18. The van der Waals surface area contributed by atoms with Crippen LogP contribution in [0.1, 0.15) is 45.9 Å². The van der Waals surface area contributed by atoms with Crippen molar-refractivity contribution in [1.29, 1.82) is 0 Å². The van der Waals surface area contributed by atoms with Crippen LogP contribution in [0.2, 0.25) is 0 Å². The summed E-state index contributed by atoms with van der Waals surface area (Å²) in [6.07, 6.45) is 1.96. The fourth-order valence-electron chi connectivity index (χ4n) is 2.26. The minimum atomic E-state index is -1.05. The summed E-state index contributed by atoms with van der Waals surface area (Å²) in [7, 11) is 1.67. The normalized spacial score (nSPS) is 23.8. The van der Waals surface area contributed by atoms with Gasteiger partial charge < -0.3 is 10.5 Å². The smallest absolute Gasteiger partial charge is 0.412 e. The van der Waals surface area contributed by atoms with Crippen molar-refractivity contribution in [3.63, 3.8) is 0 Å². The fraction of sp³-hybridized carbons (Fsp3) is 0.833. The summed E-state index contributed by atoms with van der Waals surface area (Å²) in [4.78, 5) is 15.2. The maximum Gasteiger partial charge on any atom is 0.412 e. The van der Waals surface area contributed by atoms with Crippen LogP contribution in [0, 0.1) is 0 Å². The number of carbonyl (C=O) groups excluding carboxylic acids is 1. The monoisotopic (exact) mass is 282 g/mol. The molecule has 1 saturated heterocycles. The van der Waals surface area contributed by atoms with Crippen LogP contribution in [0.15, 0.2) is 0 Å². The molecule has 2 N–H and O–H groups in total. The highest BCUT2D eigenvalue weighted by molar-refractivity contribution is 5.69.